The number of carbonyl (C=O) groups excluding carboxylic acids is 2. The highest BCUT2D eigenvalue weighted by Crippen LogP contribution is 2.18. The predicted octanol–water partition coefficient (Wildman–Crippen LogP) is -0.212. The Labute approximate surface area is 114 Å². The van der Waals surface area contributed by atoms with E-state index in [2.05, 4.69) is 16.0 Å². The third-order valence-corrected chi connectivity index (χ3v) is 2.83. The molecular weight excluding hydrogens is 246 g/mol. The molecule has 1 saturated carbocycles. The zero-order valence-corrected chi connectivity index (χ0v) is 11.7. The van der Waals surface area contributed by atoms with Gasteiger partial charge in [0.2, 0.25) is 11.8 Å². The summed E-state index contributed by atoms with van der Waals surface area (Å²) in [6.07, 6.45) is 4.35. The summed E-state index contributed by atoms with van der Waals surface area (Å²) in [6.45, 7) is 2.28. The van der Waals surface area contributed by atoms with E-state index in [1.165, 1.54) is 0 Å². The van der Waals surface area contributed by atoms with Gasteiger partial charge in [-0.2, -0.15) is 0 Å². The summed E-state index contributed by atoms with van der Waals surface area (Å²) in [5.41, 5.74) is 0. The first-order valence-corrected chi connectivity index (χ1v) is 6.98. The summed E-state index contributed by atoms with van der Waals surface area (Å²) in [6, 6.07) is 0.429. The van der Waals surface area contributed by atoms with Crippen molar-refractivity contribution in [2.75, 3.05) is 33.4 Å². The summed E-state index contributed by atoms with van der Waals surface area (Å²) in [5, 5.41) is 8.75. The van der Waals surface area contributed by atoms with E-state index in [9.17, 15) is 9.59 Å². The highest BCUT2D eigenvalue weighted by molar-refractivity contribution is 5.78. The van der Waals surface area contributed by atoms with Crippen LogP contribution in [0.25, 0.3) is 0 Å². The molecule has 1 aliphatic carbocycles. The number of rotatable bonds is 11. The Balaban J connectivity index is 1.83. The number of hydrogen-bond donors (Lipinski definition) is 3. The van der Waals surface area contributed by atoms with Crippen LogP contribution in [-0.2, 0) is 14.3 Å². The van der Waals surface area contributed by atoms with Crippen LogP contribution in [0.1, 0.15) is 32.1 Å². The number of carbonyl (C=O) groups is 2. The standard InChI is InChI=1S/C13H25N3O3/c1-19-9-3-8-15-13(18)10-14-7-2-4-12(17)16-11-5-6-11/h11,14H,2-10H2,1H3,(H,15,18)(H,16,17). The Hall–Kier alpha value is -1.14. The molecule has 3 N–H and O–H groups in total. The van der Waals surface area contributed by atoms with Crippen LogP contribution in [0.3, 0.4) is 0 Å². The van der Waals surface area contributed by atoms with Crippen LogP contribution in [0.5, 0.6) is 0 Å². The molecule has 0 heterocycles. The van der Waals surface area contributed by atoms with Crippen molar-refractivity contribution in [3.8, 4) is 0 Å². The molecular formula is C13H25N3O3. The van der Waals surface area contributed by atoms with Crippen LogP contribution in [0.4, 0.5) is 0 Å². The third kappa shape index (κ3) is 9.44. The van der Waals surface area contributed by atoms with E-state index < -0.39 is 0 Å². The molecule has 0 bridgehead atoms. The van der Waals surface area contributed by atoms with Crippen molar-refractivity contribution < 1.29 is 14.3 Å². The van der Waals surface area contributed by atoms with Crippen LogP contribution in [0.2, 0.25) is 0 Å². The molecule has 0 aliphatic heterocycles. The van der Waals surface area contributed by atoms with Crippen molar-refractivity contribution in [2.45, 2.75) is 38.1 Å². The van der Waals surface area contributed by atoms with Crippen molar-refractivity contribution in [1.82, 2.24) is 16.0 Å². The summed E-state index contributed by atoms with van der Waals surface area (Å²) in [7, 11) is 1.64. The molecule has 19 heavy (non-hydrogen) atoms. The molecule has 1 rings (SSSR count). The number of methoxy groups -OCH3 is 1. The van der Waals surface area contributed by atoms with Crippen LogP contribution in [0, 0.1) is 0 Å². The highest BCUT2D eigenvalue weighted by atomic mass is 16.5. The Morgan fingerprint density at radius 1 is 1.16 bits per heavy atom. The average molecular weight is 271 g/mol. The number of nitrogens with one attached hydrogen (secondary N) is 3. The van der Waals surface area contributed by atoms with E-state index in [-0.39, 0.29) is 11.8 Å². The molecule has 2 amide bonds. The summed E-state index contributed by atoms with van der Waals surface area (Å²) in [4.78, 5) is 22.7. The Morgan fingerprint density at radius 2 is 1.95 bits per heavy atom. The summed E-state index contributed by atoms with van der Waals surface area (Å²) in [5.74, 6) is 0.104. The third-order valence-electron chi connectivity index (χ3n) is 2.83. The fraction of sp³-hybridized carbons (Fsp3) is 0.846. The van der Waals surface area contributed by atoms with E-state index in [4.69, 9.17) is 4.74 Å². The molecule has 6 heteroatoms. The first-order valence-electron chi connectivity index (χ1n) is 6.98. The SMILES string of the molecule is COCCCNC(=O)CNCCCC(=O)NC1CC1. The normalized spacial score (nSPS) is 14.2. The fourth-order valence-corrected chi connectivity index (χ4v) is 1.61. The molecule has 0 saturated heterocycles. The van der Waals surface area contributed by atoms with E-state index in [0.29, 0.717) is 38.7 Å². The van der Waals surface area contributed by atoms with E-state index >= 15 is 0 Å². The first-order chi connectivity index (χ1) is 9.22. The van der Waals surface area contributed by atoms with Gasteiger partial charge in [-0.1, -0.05) is 0 Å². The van der Waals surface area contributed by atoms with Gasteiger partial charge < -0.3 is 20.7 Å². The van der Waals surface area contributed by atoms with Gasteiger partial charge in [0.1, 0.15) is 0 Å². The van der Waals surface area contributed by atoms with E-state index in [0.717, 1.165) is 25.7 Å². The zero-order chi connectivity index (χ0) is 13.9. The molecule has 0 atom stereocenters. The van der Waals surface area contributed by atoms with Gasteiger partial charge in [0.25, 0.3) is 0 Å². The maximum Gasteiger partial charge on any atom is 0.233 e. The van der Waals surface area contributed by atoms with Crippen molar-refractivity contribution in [3.05, 3.63) is 0 Å². The second-order valence-electron chi connectivity index (χ2n) is 4.82. The van der Waals surface area contributed by atoms with Gasteiger partial charge in [-0.05, 0) is 32.2 Å². The number of ether oxygens (including phenoxy) is 1. The molecule has 6 nitrogen and oxygen atoms in total. The quantitative estimate of drug-likeness (QED) is 0.454. The van der Waals surface area contributed by atoms with Gasteiger partial charge in [-0.25, -0.2) is 0 Å². The van der Waals surface area contributed by atoms with Crippen molar-refractivity contribution in [3.63, 3.8) is 0 Å². The van der Waals surface area contributed by atoms with Gasteiger partial charge in [-0.15, -0.1) is 0 Å². The molecule has 0 unspecified atom stereocenters. The van der Waals surface area contributed by atoms with Crippen molar-refractivity contribution in [2.24, 2.45) is 0 Å². The van der Waals surface area contributed by atoms with E-state index in [1.54, 1.807) is 7.11 Å². The summed E-state index contributed by atoms with van der Waals surface area (Å²) >= 11 is 0. The Bertz CT molecular complexity index is 280. The molecule has 0 spiro atoms. The molecule has 1 aliphatic rings. The lowest BCUT2D eigenvalue weighted by molar-refractivity contribution is -0.121. The lowest BCUT2D eigenvalue weighted by Gasteiger charge is -2.06. The fourth-order valence-electron chi connectivity index (χ4n) is 1.61. The van der Waals surface area contributed by atoms with Gasteiger partial charge >= 0.3 is 0 Å². The second-order valence-corrected chi connectivity index (χ2v) is 4.82. The highest BCUT2D eigenvalue weighted by Gasteiger charge is 2.22. The molecule has 1 fully saturated rings. The van der Waals surface area contributed by atoms with Crippen molar-refractivity contribution >= 4 is 11.8 Å². The minimum Gasteiger partial charge on any atom is -0.385 e. The lowest BCUT2D eigenvalue weighted by atomic mass is 10.3. The molecule has 0 aromatic carbocycles. The van der Waals surface area contributed by atoms with Crippen LogP contribution in [0.15, 0.2) is 0 Å². The average Bonchev–Trinajstić information content (AvgIpc) is 3.18. The van der Waals surface area contributed by atoms with Gasteiger partial charge in [0.05, 0.1) is 6.54 Å². The monoisotopic (exact) mass is 271 g/mol. The number of amides is 2. The lowest BCUT2D eigenvalue weighted by Crippen LogP contribution is -2.35. The largest absolute Gasteiger partial charge is 0.385 e. The first kappa shape index (κ1) is 15.9. The Kier molecular flexibility index (Phi) is 8.16. The molecule has 0 aromatic heterocycles. The second kappa shape index (κ2) is 9.75. The molecule has 0 radical (unpaired) electrons. The van der Waals surface area contributed by atoms with Crippen LogP contribution >= 0.6 is 0 Å². The zero-order valence-electron chi connectivity index (χ0n) is 11.7. The maximum absolute atomic E-state index is 11.4. The van der Waals surface area contributed by atoms with E-state index in [1.807, 2.05) is 0 Å². The summed E-state index contributed by atoms with van der Waals surface area (Å²) < 4.78 is 4.89. The van der Waals surface area contributed by atoms with Gasteiger partial charge in [0.15, 0.2) is 0 Å². The van der Waals surface area contributed by atoms with Gasteiger partial charge in [-0.3, -0.25) is 9.59 Å². The smallest absolute Gasteiger partial charge is 0.233 e. The molecule has 0 aromatic rings. The number of hydrogen-bond acceptors (Lipinski definition) is 4. The van der Waals surface area contributed by atoms with Gasteiger partial charge in [0, 0.05) is 32.7 Å². The topological polar surface area (TPSA) is 79.5 Å². The predicted molar refractivity (Wildman–Crippen MR) is 72.8 cm³/mol. The van der Waals surface area contributed by atoms with Crippen molar-refractivity contribution in [1.29, 1.82) is 0 Å². The Morgan fingerprint density at radius 3 is 2.63 bits per heavy atom. The van der Waals surface area contributed by atoms with Crippen LogP contribution in [-0.4, -0.2) is 51.2 Å². The maximum atomic E-state index is 11.4. The minimum atomic E-state index is -0.0152. The van der Waals surface area contributed by atoms with Crippen LogP contribution < -0.4 is 16.0 Å². The molecule has 110 valence electrons. The minimum absolute atomic E-state index is 0.0152.